The monoisotopic (exact) mass is 454 g/mol. The third-order valence-corrected chi connectivity index (χ3v) is 4.98. The number of aromatic nitrogens is 6. The van der Waals surface area contributed by atoms with Crippen molar-refractivity contribution in [3.63, 3.8) is 0 Å². The molecule has 0 spiro atoms. The minimum Gasteiger partial charge on any atom is -0.487 e. The molecule has 0 aliphatic carbocycles. The van der Waals surface area contributed by atoms with E-state index in [1.165, 1.54) is 35.0 Å². The molecule has 2 aromatic carbocycles. The SMILES string of the molecule is CC(=O)c1ccc(OCc2cn(CC(O)(Cn3cncn3)c3ccc(F)cc3F)nn2)cc1. The maximum absolute atomic E-state index is 14.5. The maximum Gasteiger partial charge on any atom is 0.159 e. The Kier molecular flexibility index (Phi) is 6.22. The second kappa shape index (κ2) is 9.25. The summed E-state index contributed by atoms with van der Waals surface area (Å²) in [5, 5.41) is 23.3. The molecule has 1 atom stereocenters. The zero-order valence-corrected chi connectivity index (χ0v) is 17.6. The van der Waals surface area contributed by atoms with Crippen LogP contribution in [0.3, 0.4) is 0 Å². The van der Waals surface area contributed by atoms with Gasteiger partial charge in [0.25, 0.3) is 0 Å². The Hall–Kier alpha value is -3.99. The molecule has 0 bridgehead atoms. The molecule has 1 unspecified atom stereocenters. The van der Waals surface area contributed by atoms with Crippen LogP contribution in [0.1, 0.15) is 28.5 Å². The summed E-state index contributed by atoms with van der Waals surface area (Å²) in [6, 6.07) is 9.65. The molecule has 1 N–H and O–H groups in total. The number of Topliss-reactive ketones (excluding diaryl/α,β-unsaturated/α-hetero) is 1. The van der Waals surface area contributed by atoms with Crippen molar-refractivity contribution in [2.24, 2.45) is 0 Å². The number of carbonyl (C=O) groups is 1. The van der Waals surface area contributed by atoms with Gasteiger partial charge in [-0.1, -0.05) is 11.3 Å². The minimum absolute atomic E-state index is 0.0412. The molecule has 0 aliphatic heterocycles. The highest BCUT2D eigenvalue weighted by atomic mass is 19.1. The van der Waals surface area contributed by atoms with Crippen molar-refractivity contribution in [2.75, 3.05) is 0 Å². The normalized spacial score (nSPS) is 13.0. The number of halogens is 2. The highest BCUT2D eigenvalue weighted by Gasteiger charge is 2.34. The van der Waals surface area contributed by atoms with Crippen LogP contribution in [-0.2, 0) is 25.3 Å². The average Bonchev–Trinajstić information content (AvgIpc) is 3.44. The van der Waals surface area contributed by atoms with Crippen LogP contribution in [0.5, 0.6) is 5.75 Å². The first-order valence-corrected chi connectivity index (χ1v) is 9.95. The zero-order valence-electron chi connectivity index (χ0n) is 17.6. The van der Waals surface area contributed by atoms with Crippen molar-refractivity contribution >= 4 is 5.78 Å². The lowest BCUT2D eigenvalue weighted by molar-refractivity contribution is -0.00892. The number of aliphatic hydroxyl groups is 1. The van der Waals surface area contributed by atoms with Crippen LogP contribution in [0.15, 0.2) is 61.3 Å². The Bertz CT molecular complexity index is 1240. The van der Waals surface area contributed by atoms with Crippen LogP contribution < -0.4 is 4.74 Å². The lowest BCUT2D eigenvalue weighted by atomic mass is 9.93. The number of ketones is 1. The Labute approximate surface area is 187 Å². The highest BCUT2D eigenvalue weighted by molar-refractivity contribution is 5.94. The summed E-state index contributed by atoms with van der Waals surface area (Å²) in [7, 11) is 0. The van der Waals surface area contributed by atoms with Gasteiger partial charge < -0.3 is 9.84 Å². The van der Waals surface area contributed by atoms with Gasteiger partial charge in [-0.25, -0.2) is 23.1 Å². The fourth-order valence-corrected chi connectivity index (χ4v) is 3.36. The van der Waals surface area contributed by atoms with E-state index in [4.69, 9.17) is 4.74 Å². The molecule has 4 rings (SSSR count). The molecule has 170 valence electrons. The molecule has 0 radical (unpaired) electrons. The molecule has 0 fully saturated rings. The summed E-state index contributed by atoms with van der Waals surface area (Å²) >= 11 is 0. The van der Waals surface area contributed by atoms with Gasteiger partial charge in [0.05, 0.1) is 19.3 Å². The van der Waals surface area contributed by atoms with Gasteiger partial charge in [0.15, 0.2) is 5.78 Å². The van der Waals surface area contributed by atoms with Crippen LogP contribution in [-0.4, -0.2) is 40.6 Å². The summed E-state index contributed by atoms with van der Waals surface area (Å²) in [6.07, 6.45) is 4.22. The molecule has 2 aromatic heterocycles. The molecule has 0 saturated heterocycles. The second-order valence-electron chi connectivity index (χ2n) is 7.53. The predicted octanol–water partition coefficient (Wildman–Crippen LogP) is 2.52. The van der Waals surface area contributed by atoms with Gasteiger partial charge in [-0.15, -0.1) is 5.10 Å². The molecule has 0 aliphatic rings. The number of benzene rings is 2. The van der Waals surface area contributed by atoms with E-state index in [1.54, 1.807) is 30.5 Å². The molecule has 9 nitrogen and oxygen atoms in total. The molecule has 0 saturated carbocycles. The first kappa shape index (κ1) is 22.2. The van der Waals surface area contributed by atoms with Crippen molar-refractivity contribution in [2.45, 2.75) is 32.2 Å². The Morgan fingerprint density at radius 2 is 1.88 bits per heavy atom. The van der Waals surface area contributed by atoms with E-state index in [1.807, 2.05) is 0 Å². The molecule has 33 heavy (non-hydrogen) atoms. The highest BCUT2D eigenvalue weighted by Crippen LogP contribution is 2.28. The lowest BCUT2D eigenvalue weighted by Gasteiger charge is -2.28. The van der Waals surface area contributed by atoms with Gasteiger partial charge in [-0.2, -0.15) is 5.10 Å². The molecular formula is C22H20F2N6O3. The van der Waals surface area contributed by atoms with Crippen LogP contribution in [0.25, 0.3) is 0 Å². The lowest BCUT2D eigenvalue weighted by Crippen LogP contribution is -2.37. The molecule has 4 aromatic rings. The third-order valence-electron chi connectivity index (χ3n) is 4.98. The number of nitrogens with zero attached hydrogens (tertiary/aromatic N) is 6. The van der Waals surface area contributed by atoms with E-state index in [0.717, 1.165) is 6.07 Å². The van der Waals surface area contributed by atoms with Gasteiger partial charge in [0.1, 0.15) is 47.9 Å². The van der Waals surface area contributed by atoms with Crippen molar-refractivity contribution in [1.29, 1.82) is 0 Å². The molecule has 0 amide bonds. The van der Waals surface area contributed by atoms with Gasteiger partial charge in [-0.05, 0) is 37.3 Å². The number of hydrogen-bond acceptors (Lipinski definition) is 7. The van der Waals surface area contributed by atoms with E-state index in [0.29, 0.717) is 23.1 Å². The van der Waals surface area contributed by atoms with Crippen LogP contribution >= 0.6 is 0 Å². The number of hydrogen-bond donors (Lipinski definition) is 1. The molecular weight excluding hydrogens is 434 g/mol. The number of ether oxygens (including phenoxy) is 1. The van der Waals surface area contributed by atoms with Crippen molar-refractivity contribution in [1.82, 2.24) is 29.8 Å². The summed E-state index contributed by atoms with van der Waals surface area (Å²) in [6.45, 7) is 1.24. The topological polar surface area (TPSA) is 108 Å². The fraction of sp³-hybridized carbons (Fsp3) is 0.227. The van der Waals surface area contributed by atoms with Gasteiger partial charge in [0, 0.05) is 17.2 Å². The number of rotatable bonds is 9. The molecule has 2 heterocycles. The van der Waals surface area contributed by atoms with Gasteiger partial charge in [-0.3, -0.25) is 4.79 Å². The second-order valence-corrected chi connectivity index (χ2v) is 7.53. The minimum atomic E-state index is -1.82. The van der Waals surface area contributed by atoms with Crippen molar-refractivity contribution < 1.29 is 23.4 Å². The summed E-state index contributed by atoms with van der Waals surface area (Å²) in [5.74, 6) is -1.14. The summed E-state index contributed by atoms with van der Waals surface area (Å²) in [4.78, 5) is 15.2. The predicted molar refractivity (Wildman–Crippen MR) is 111 cm³/mol. The molecule has 11 heteroatoms. The van der Waals surface area contributed by atoms with Crippen molar-refractivity contribution in [3.05, 3.63) is 89.8 Å². The first-order valence-electron chi connectivity index (χ1n) is 9.95. The van der Waals surface area contributed by atoms with E-state index in [9.17, 15) is 18.7 Å². The number of carbonyl (C=O) groups excluding carboxylic acids is 1. The Morgan fingerprint density at radius 1 is 1.12 bits per heavy atom. The standard InChI is InChI=1S/C22H20F2N6O3/c1-15(31)16-2-5-19(6-3-16)33-10-18-9-29(28-27-18)11-22(32,12-30-14-25-13-26-30)20-7-4-17(23)8-21(20)24/h2-9,13-14,32H,10-12H2,1H3. The van der Waals surface area contributed by atoms with Crippen molar-refractivity contribution in [3.8, 4) is 5.75 Å². The van der Waals surface area contributed by atoms with Gasteiger partial charge >= 0.3 is 0 Å². The summed E-state index contributed by atoms with van der Waals surface area (Å²) in [5.41, 5.74) is -0.889. The van der Waals surface area contributed by atoms with Crippen LogP contribution in [0.4, 0.5) is 8.78 Å². The van der Waals surface area contributed by atoms with Crippen LogP contribution in [0, 0.1) is 11.6 Å². The summed E-state index contributed by atoms with van der Waals surface area (Å²) < 4.78 is 36.3. The van der Waals surface area contributed by atoms with E-state index >= 15 is 0 Å². The quantitative estimate of drug-likeness (QED) is 0.387. The van der Waals surface area contributed by atoms with E-state index in [-0.39, 0.29) is 31.0 Å². The zero-order chi connectivity index (χ0) is 23.4. The fourth-order valence-electron chi connectivity index (χ4n) is 3.36. The maximum atomic E-state index is 14.5. The third kappa shape index (κ3) is 5.26. The smallest absolute Gasteiger partial charge is 0.159 e. The first-order chi connectivity index (χ1) is 15.8. The Balaban J connectivity index is 1.50. The average molecular weight is 454 g/mol. The Morgan fingerprint density at radius 3 is 2.55 bits per heavy atom. The van der Waals surface area contributed by atoms with E-state index < -0.39 is 17.2 Å². The van der Waals surface area contributed by atoms with Crippen LogP contribution in [0.2, 0.25) is 0 Å². The van der Waals surface area contributed by atoms with E-state index in [2.05, 4.69) is 20.4 Å². The largest absolute Gasteiger partial charge is 0.487 e. The van der Waals surface area contributed by atoms with Gasteiger partial charge in [0.2, 0.25) is 0 Å².